The molecule has 0 aliphatic heterocycles. The molecule has 2 N–H and O–H groups in total. The first-order valence-electron chi connectivity index (χ1n) is 3.23. The van der Waals surface area contributed by atoms with Gasteiger partial charge in [0.1, 0.15) is 0 Å². The lowest BCUT2D eigenvalue weighted by molar-refractivity contribution is 0.652. The van der Waals surface area contributed by atoms with Crippen LogP contribution in [0.25, 0.3) is 0 Å². The molecule has 0 aromatic rings. The third kappa shape index (κ3) is 8.54. The molecule has 0 aliphatic rings. The van der Waals surface area contributed by atoms with Crippen LogP contribution in [0.2, 0.25) is 0 Å². The summed E-state index contributed by atoms with van der Waals surface area (Å²) in [5.74, 6) is 0.748. The van der Waals surface area contributed by atoms with Gasteiger partial charge in [-0.15, -0.1) is 23.2 Å². The van der Waals surface area contributed by atoms with Crippen LogP contribution in [0, 0.1) is 0 Å². The van der Waals surface area contributed by atoms with Gasteiger partial charge in [-0.3, -0.25) is 0 Å². The van der Waals surface area contributed by atoms with Gasteiger partial charge in [0.15, 0.2) is 0 Å². The predicted octanol–water partition coefficient (Wildman–Crippen LogP) is 2.31. The Morgan fingerprint density at radius 2 is 1.89 bits per heavy atom. The summed E-state index contributed by atoms with van der Waals surface area (Å²) in [4.78, 5) is 0. The highest BCUT2D eigenvalue weighted by Gasteiger charge is 1.94. The van der Waals surface area contributed by atoms with Crippen LogP contribution in [0.1, 0.15) is 25.7 Å². The summed E-state index contributed by atoms with van der Waals surface area (Å²) in [5.41, 5.74) is 5.14. The average molecular weight is 170 g/mol. The van der Waals surface area contributed by atoms with Crippen molar-refractivity contribution in [2.75, 3.05) is 5.88 Å². The van der Waals surface area contributed by atoms with Gasteiger partial charge in [0.25, 0.3) is 0 Å². The lowest BCUT2D eigenvalue weighted by atomic mass is 10.2. The summed E-state index contributed by atoms with van der Waals surface area (Å²) in [6.45, 7) is 0. The number of alkyl halides is 2. The Balaban J connectivity index is 2.75. The average Bonchev–Trinajstić information content (AvgIpc) is 1.80. The van der Waals surface area contributed by atoms with Gasteiger partial charge in [0, 0.05) is 5.88 Å². The molecule has 0 fully saturated rings. The molecule has 9 heavy (non-hydrogen) atoms. The molecule has 0 radical (unpaired) electrons. The maximum absolute atomic E-state index is 5.50. The molecule has 0 aliphatic carbocycles. The number of rotatable bonds is 5. The molecule has 0 saturated carbocycles. The SMILES string of the molecule is NC(Cl)CCCCCCl. The normalized spacial score (nSPS) is 13.7. The fraction of sp³-hybridized carbons (Fsp3) is 1.00. The minimum atomic E-state index is -0.166. The Bertz CT molecular complexity index is 57.0. The van der Waals surface area contributed by atoms with Crippen molar-refractivity contribution in [1.82, 2.24) is 0 Å². The highest BCUT2D eigenvalue weighted by Crippen LogP contribution is 2.04. The van der Waals surface area contributed by atoms with E-state index in [0.29, 0.717) is 0 Å². The fourth-order valence-corrected chi connectivity index (χ4v) is 0.954. The van der Waals surface area contributed by atoms with E-state index in [0.717, 1.165) is 31.6 Å². The van der Waals surface area contributed by atoms with Crippen molar-refractivity contribution in [3.63, 3.8) is 0 Å². The molecule has 56 valence electrons. The minimum Gasteiger partial charge on any atom is -0.315 e. The largest absolute Gasteiger partial charge is 0.315 e. The Morgan fingerprint density at radius 3 is 2.33 bits per heavy atom. The molecule has 1 unspecified atom stereocenters. The topological polar surface area (TPSA) is 26.0 Å². The fourth-order valence-electron chi connectivity index (χ4n) is 0.611. The molecule has 0 saturated heterocycles. The second kappa shape index (κ2) is 6.66. The Labute approximate surface area is 66.5 Å². The van der Waals surface area contributed by atoms with Crippen molar-refractivity contribution in [1.29, 1.82) is 0 Å². The number of hydrogen-bond acceptors (Lipinski definition) is 1. The van der Waals surface area contributed by atoms with Crippen LogP contribution < -0.4 is 5.73 Å². The Hall–Kier alpha value is 0.540. The summed E-state index contributed by atoms with van der Waals surface area (Å²) < 4.78 is 0. The van der Waals surface area contributed by atoms with Crippen molar-refractivity contribution in [2.24, 2.45) is 5.73 Å². The highest BCUT2D eigenvalue weighted by atomic mass is 35.5. The van der Waals surface area contributed by atoms with Gasteiger partial charge < -0.3 is 5.73 Å². The zero-order chi connectivity index (χ0) is 7.11. The first-order valence-corrected chi connectivity index (χ1v) is 4.20. The molecule has 3 heteroatoms. The van der Waals surface area contributed by atoms with Crippen LogP contribution in [0.4, 0.5) is 0 Å². The zero-order valence-corrected chi connectivity index (χ0v) is 6.96. The van der Waals surface area contributed by atoms with Gasteiger partial charge >= 0.3 is 0 Å². The van der Waals surface area contributed by atoms with E-state index in [-0.39, 0.29) is 5.50 Å². The first-order chi connectivity index (χ1) is 4.27. The van der Waals surface area contributed by atoms with Crippen molar-refractivity contribution >= 4 is 23.2 Å². The summed E-state index contributed by atoms with van der Waals surface area (Å²) in [6.07, 6.45) is 4.21. The molecule has 0 rings (SSSR count). The van der Waals surface area contributed by atoms with Crippen molar-refractivity contribution in [3.05, 3.63) is 0 Å². The third-order valence-corrected chi connectivity index (χ3v) is 1.60. The van der Waals surface area contributed by atoms with Gasteiger partial charge in [0.05, 0.1) is 5.50 Å². The molecule has 0 heterocycles. The quantitative estimate of drug-likeness (QED) is 0.382. The summed E-state index contributed by atoms with van der Waals surface area (Å²) in [7, 11) is 0. The van der Waals surface area contributed by atoms with Crippen LogP contribution in [0.3, 0.4) is 0 Å². The molecule has 0 spiro atoms. The number of hydrogen-bond donors (Lipinski definition) is 1. The molecular formula is C6H13Cl2N. The number of unbranched alkanes of at least 4 members (excludes halogenated alkanes) is 2. The van der Waals surface area contributed by atoms with Gasteiger partial charge in [0.2, 0.25) is 0 Å². The van der Waals surface area contributed by atoms with E-state index >= 15 is 0 Å². The minimum absolute atomic E-state index is 0.166. The maximum Gasteiger partial charge on any atom is 0.0800 e. The maximum atomic E-state index is 5.50. The van der Waals surface area contributed by atoms with Gasteiger partial charge in [-0.2, -0.15) is 0 Å². The van der Waals surface area contributed by atoms with Crippen molar-refractivity contribution in [3.8, 4) is 0 Å². The molecule has 0 bridgehead atoms. The second-order valence-electron chi connectivity index (χ2n) is 2.05. The third-order valence-electron chi connectivity index (χ3n) is 1.11. The lowest BCUT2D eigenvalue weighted by Crippen LogP contribution is -2.10. The van der Waals surface area contributed by atoms with E-state index < -0.39 is 0 Å². The van der Waals surface area contributed by atoms with E-state index in [4.69, 9.17) is 28.9 Å². The standard InChI is InChI=1S/C6H13Cl2N/c7-5-3-1-2-4-6(8)9/h6H,1-5,9H2. The van der Waals surface area contributed by atoms with Gasteiger partial charge in [-0.1, -0.05) is 12.8 Å². The van der Waals surface area contributed by atoms with Crippen LogP contribution >= 0.6 is 23.2 Å². The molecule has 1 atom stereocenters. The monoisotopic (exact) mass is 169 g/mol. The predicted molar refractivity (Wildman–Crippen MR) is 43.0 cm³/mol. The van der Waals surface area contributed by atoms with E-state index in [1.807, 2.05) is 0 Å². The summed E-state index contributed by atoms with van der Waals surface area (Å²) >= 11 is 11.0. The second-order valence-corrected chi connectivity index (χ2v) is 2.99. The van der Waals surface area contributed by atoms with E-state index in [9.17, 15) is 0 Å². The lowest BCUT2D eigenvalue weighted by Gasteiger charge is -1.99. The molecule has 0 aromatic carbocycles. The van der Waals surface area contributed by atoms with E-state index in [1.165, 1.54) is 0 Å². The van der Waals surface area contributed by atoms with Crippen LogP contribution in [-0.2, 0) is 0 Å². The molecule has 0 amide bonds. The molecule has 0 aromatic heterocycles. The number of nitrogens with two attached hydrogens (primary N) is 1. The van der Waals surface area contributed by atoms with Gasteiger partial charge in [-0.25, -0.2) is 0 Å². The van der Waals surface area contributed by atoms with Crippen LogP contribution in [-0.4, -0.2) is 11.4 Å². The molecular weight excluding hydrogens is 157 g/mol. The Morgan fingerprint density at radius 1 is 1.22 bits per heavy atom. The zero-order valence-electron chi connectivity index (χ0n) is 5.45. The summed E-state index contributed by atoms with van der Waals surface area (Å²) in [6, 6.07) is 0. The molecule has 1 nitrogen and oxygen atoms in total. The number of halogens is 2. The van der Waals surface area contributed by atoms with E-state index in [1.54, 1.807) is 0 Å². The van der Waals surface area contributed by atoms with E-state index in [2.05, 4.69) is 0 Å². The van der Waals surface area contributed by atoms with Crippen LogP contribution in [0.15, 0.2) is 0 Å². The summed E-state index contributed by atoms with van der Waals surface area (Å²) in [5, 5.41) is 0. The first kappa shape index (κ1) is 9.54. The van der Waals surface area contributed by atoms with Crippen molar-refractivity contribution in [2.45, 2.75) is 31.2 Å². The Kier molecular flexibility index (Phi) is 7.06. The smallest absolute Gasteiger partial charge is 0.0800 e. The van der Waals surface area contributed by atoms with Crippen LogP contribution in [0.5, 0.6) is 0 Å². The van der Waals surface area contributed by atoms with Crippen molar-refractivity contribution < 1.29 is 0 Å². The highest BCUT2D eigenvalue weighted by molar-refractivity contribution is 6.20. The van der Waals surface area contributed by atoms with Gasteiger partial charge in [-0.05, 0) is 12.8 Å².